The van der Waals surface area contributed by atoms with E-state index in [-0.39, 0.29) is 12.4 Å². The van der Waals surface area contributed by atoms with Crippen LogP contribution in [0.3, 0.4) is 0 Å². The first-order valence-electron chi connectivity index (χ1n) is 3.11. The summed E-state index contributed by atoms with van der Waals surface area (Å²) in [5.41, 5.74) is -2.97. The number of halogens is 1. The van der Waals surface area contributed by atoms with Crippen molar-refractivity contribution >= 4 is 30.3 Å². The van der Waals surface area contributed by atoms with Gasteiger partial charge in [-0.15, -0.1) is 12.4 Å². The van der Waals surface area contributed by atoms with Crippen molar-refractivity contribution in [1.29, 1.82) is 0 Å². The number of carbonyl (C=O) groups excluding carboxylic acids is 3. The second kappa shape index (κ2) is 5.40. The maximum absolute atomic E-state index is 10.1. The summed E-state index contributed by atoms with van der Waals surface area (Å²) < 4.78 is 0. The van der Waals surface area contributed by atoms with Gasteiger partial charge in [0.05, 0.1) is 5.97 Å². The summed E-state index contributed by atoms with van der Waals surface area (Å²) in [6, 6.07) is 0. The predicted octanol–water partition coefficient (Wildman–Crippen LogP) is -4.83. The molecule has 0 aromatic carbocycles. The minimum Gasteiger partial charge on any atom is -0.550 e. The number of hydrogen-bond acceptors (Lipinski definition) is 7. The largest absolute Gasteiger partial charge is 0.550 e. The van der Waals surface area contributed by atoms with Gasteiger partial charge in [0, 0.05) is 24.8 Å². The average molecular weight is 226 g/mol. The zero-order chi connectivity index (χ0) is 10.6. The van der Waals surface area contributed by atoms with Crippen LogP contribution in [-0.4, -0.2) is 28.6 Å². The number of rotatable bonds is 5. The Morgan fingerprint density at radius 1 is 1.00 bits per heavy atom. The first-order chi connectivity index (χ1) is 5.78. The highest BCUT2D eigenvalue weighted by molar-refractivity contribution is 5.86. The van der Waals surface area contributed by atoms with E-state index in [9.17, 15) is 29.7 Å². The highest BCUT2D eigenvalue weighted by Gasteiger charge is 2.29. The molecule has 0 aliphatic heterocycles. The van der Waals surface area contributed by atoms with Crippen molar-refractivity contribution in [2.24, 2.45) is 0 Å². The van der Waals surface area contributed by atoms with Gasteiger partial charge < -0.3 is 34.8 Å². The number of carboxylic acids is 3. The van der Waals surface area contributed by atoms with Crippen LogP contribution in [0.2, 0.25) is 0 Å². The van der Waals surface area contributed by atoms with Crippen LogP contribution in [0.25, 0.3) is 0 Å². The maximum atomic E-state index is 10.1. The Morgan fingerprint density at radius 3 is 1.43 bits per heavy atom. The molecule has 0 atom stereocenters. The molecule has 1 N–H and O–H groups in total. The van der Waals surface area contributed by atoms with Gasteiger partial charge in [-0.3, -0.25) is 0 Å². The van der Waals surface area contributed by atoms with E-state index in [0.717, 1.165) is 0 Å². The van der Waals surface area contributed by atoms with Crippen molar-refractivity contribution in [2.45, 2.75) is 18.4 Å². The van der Waals surface area contributed by atoms with Gasteiger partial charge in [0.2, 0.25) is 0 Å². The fourth-order valence-electron chi connectivity index (χ4n) is 0.684. The van der Waals surface area contributed by atoms with Crippen molar-refractivity contribution < 1.29 is 34.8 Å². The van der Waals surface area contributed by atoms with Crippen LogP contribution in [-0.2, 0) is 14.4 Å². The molecule has 0 radical (unpaired) electrons. The molecular weight excluding hydrogens is 220 g/mol. The molecule has 82 valence electrons. The van der Waals surface area contributed by atoms with E-state index in [1.807, 2.05) is 0 Å². The molecule has 0 saturated carbocycles. The van der Waals surface area contributed by atoms with Crippen LogP contribution in [0, 0.1) is 0 Å². The van der Waals surface area contributed by atoms with Crippen molar-refractivity contribution in [3.8, 4) is 0 Å². The lowest BCUT2D eigenvalue weighted by Gasteiger charge is -2.29. The SMILES string of the molecule is Cl.O=C([O-])CC(O)(CC(=O)[O-])C(=O)[O-]. The van der Waals surface area contributed by atoms with Gasteiger partial charge in [-0.2, -0.15) is 0 Å². The second-order valence-electron chi connectivity index (χ2n) is 2.42. The van der Waals surface area contributed by atoms with Crippen LogP contribution in [0.4, 0.5) is 0 Å². The number of carbonyl (C=O) groups is 3. The Kier molecular flexibility index (Phi) is 5.85. The molecule has 0 fully saturated rings. The molecule has 0 bridgehead atoms. The summed E-state index contributed by atoms with van der Waals surface area (Å²) in [4.78, 5) is 30.0. The van der Waals surface area contributed by atoms with E-state index in [1.165, 1.54) is 0 Å². The van der Waals surface area contributed by atoms with E-state index in [4.69, 9.17) is 5.11 Å². The molecule has 0 heterocycles. The lowest BCUT2D eigenvalue weighted by atomic mass is 9.96. The van der Waals surface area contributed by atoms with Crippen molar-refractivity contribution in [1.82, 2.24) is 0 Å². The minimum atomic E-state index is -2.97. The minimum absolute atomic E-state index is 0. The molecule has 0 rings (SSSR count). The third kappa shape index (κ3) is 4.63. The first kappa shape index (κ1) is 15.1. The standard InChI is InChI=1S/C6H8O7.ClH/c7-3(8)1-6(13,5(11)12)2-4(9)10;/h13H,1-2H2,(H,7,8)(H,9,10)(H,11,12);1H/p-3. The van der Waals surface area contributed by atoms with Gasteiger partial charge in [-0.05, 0) is 0 Å². The number of aliphatic carboxylic acids is 3. The fourth-order valence-corrected chi connectivity index (χ4v) is 0.684. The average Bonchev–Trinajstić information content (AvgIpc) is 1.82. The lowest BCUT2D eigenvalue weighted by Crippen LogP contribution is -2.54. The molecule has 0 aromatic heterocycles. The normalized spacial score (nSPS) is 10.1. The van der Waals surface area contributed by atoms with E-state index in [1.54, 1.807) is 0 Å². The van der Waals surface area contributed by atoms with Gasteiger partial charge in [0.1, 0.15) is 5.60 Å². The maximum Gasteiger partial charge on any atom is 0.114 e. The second-order valence-corrected chi connectivity index (χ2v) is 2.42. The summed E-state index contributed by atoms with van der Waals surface area (Å²) in [5.74, 6) is -5.98. The molecule has 0 unspecified atom stereocenters. The van der Waals surface area contributed by atoms with Crippen LogP contribution in [0.15, 0.2) is 0 Å². The summed E-state index contributed by atoms with van der Waals surface area (Å²) in [7, 11) is 0. The quantitative estimate of drug-likeness (QED) is 0.495. The monoisotopic (exact) mass is 225 g/mol. The Morgan fingerprint density at radius 2 is 1.29 bits per heavy atom. The predicted molar refractivity (Wildman–Crippen MR) is 36.5 cm³/mol. The zero-order valence-corrected chi connectivity index (χ0v) is 7.54. The molecule has 0 spiro atoms. The molecule has 0 aliphatic carbocycles. The summed E-state index contributed by atoms with van der Waals surface area (Å²) >= 11 is 0. The molecule has 0 saturated heterocycles. The van der Waals surface area contributed by atoms with Gasteiger partial charge in [-0.25, -0.2) is 0 Å². The molecule has 8 heteroatoms. The number of carboxylic acid groups (broad SMARTS) is 3. The summed E-state index contributed by atoms with van der Waals surface area (Å²) in [6.07, 6.45) is -2.72. The highest BCUT2D eigenvalue weighted by Crippen LogP contribution is 2.13. The van der Waals surface area contributed by atoms with Crippen LogP contribution >= 0.6 is 12.4 Å². The van der Waals surface area contributed by atoms with Crippen molar-refractivity contribution in [2.75, 3.05) is 0 Å². The van der Waals surface area contributed by atoms with E-state index in [2.05, 4.69) is 0 Å². The summed E-state index contributed by atoms with van der Waals surface area (Å²) in [6.45, 7) is 0. The van der Waals surface area contributed by atoms with Gasteiger partial charge in [0.25, 0.3) is 0 Å². The van der Waals surface area contributed by atoms with Gasteiger partial charge in [0.15, 0.2) is 0 Å². The highest BCUT2D eigenvalue weighted by atomic mass is 35.5. The smallest absolute Gasteiger partial charge is 0.114 e. The van der Waals surface area contributed by atoms with E-state index < -0.39 is 36.4 Å². The van der Waals surface area contributed by atoms with Crippen LogP contribution < -0.4 is 15.3 Å². The number of hydrogen-bond donors (Lipinski definition) is 1. The van der Waals surface area contributed by atoms with Gasteiger partial charge >= 0.3 is 0 Å². The van der Waals surface area contributed by atoms with E-state index in [0.29, 0.717) is 0 Å². The van der Waals surface area contributed by atoms with Crippen LogP contribution in [0.1, 0.15) is 12.8 Å². The first-order valence-corrected chi connectivity index (χ1v) is 3.11. The van der Waals surface area contributed by atoms with Gasteiger partial charge in [-0.1, -0.05) is 0 Å². The topological polar surface area (TPSA) is 141 Å². The third-order valence-electron chi connectivity index (χ3n) is 1.25. The van der Waals surface area contributed by atoms with E-state index >= 15 is 0 Å². The molecular formula is C6H6ClO7-3. The molecule has 7 nitrogen and oxygen atoms in total. The summed E-state index contributed by atoms with van der Waals surface area (Å²) in [5, 5.41) is 38.9. The van der Waals surface area contributed by atoms with Crippen molar-refractivity contribution in [3.63, 3.8) is 0 Å². The molecule has 0 aromatic rings. The van der Waals surface area contributed by atoms with Crippen molar-refractivity contribution in [3.05, 3.63) is 0 Å². The Labute approximate surface area is 84.4 Å². The van der Waals surface area contributed by atoms with Crippen LogP contribution in [0.5, 0.6) is 0 Å². The molecule has 14 heavy (non-hydrogen) atoms. The Bertz CT molecular complexity index is 233. The fraction of sp³-hybridized carbons (Fsp3) is 0.500. The number of aliphatic hydroxyl groups is 1. The Balaban J connectivity index is 0. The lowest BCUT2D eigenvalue weighted by molar-refractivity contribution is -0.339. The zero-order valence-electron chi connectivity index (χ0n) is 6.72. The molecule has 0 amide bonds. The third-order valence-corrected chi connectivity index (χ3v) is 1.25. The Hall–Kier alpha value is -1.34. The molecule has 0 aliphatic rings.